The molecule has 0 aliphatic rings. The van der Waals surface area contributed by atoms with Crippen LogP contribution in [0, 0.1) is 0 Å². The van der Waals surface area contributed by atoms with E-state index < -0.39 is 0 Å². The average molecular weight is 378 g/mol. The Hall–Kier alpha value is -4.12. The minimum absolute atomic E-state index is 0.0904. The minimum atomic E-state index is -0.0904. The molecule has 0 radical (unpaired) electrons. The molecule has 0 aliphatic heterocycles. The highest BCUT2D eigenvalue weighted by Gasteiger charge is 2.21. The second-order valence-corrected chi connectivity index (χ2v) is 6.73. The molecule has 2 heterocycles. The summed E-state index contributed by atoms with van der Waals surface area (Å²) < 4.78 is 0. The maximum Gasteiger partial charge on any atom is 0.262 e. The van der Waals surface area contributed by atoms with Crippen LogP contribution in [0.5, 0.6) is 0 Å². The number of fused-ring (bicyclic) bond motifs is 1. The lowest BCUT2D eigenvalue weighted by molar-refractivity contribution is 0.0999. The Bertz CT molecular complexity index is 1260. The molecule has 0 saturated carbocycles. The van der Waals surface area contributed by atoms with Gasteiger partial charge in [0, 0.05) is 23.5 Å². The average Bonchev–Trinajstić information content (AvgIpc) is 3.45. The highest BCUT2D eigenvalue weighted by Crippen LogP contribution is 2.30. The van der Waals surface area contributed by atoms with Crippen molar-refractivity contribution in [2.75, 3.05) is 4.90 Å². The van der Waals surface area contributed by atoms with Crippen LogP contribution in [0.1, 0.15) is 10.4 Å². The standard InChI is InChI=1S/C24H18N4O/c29-24(18-9-5-2-6-10-18)28(20-13-14-25-16-20)19-11-12-21-22(15-19)27-23(26-21)17-7-3-1-4-8-17/h1-16,25H,(H,26,27). The van der Waals surface area contributed by atoms with E-state index in [9.17, 15) is 4.79 Å². The summed E-state index contributed by atoms with van der Waals surface area (Å²) in [6.45, 7) is 0. The van der Waals surface area contributed by atoms with Gasteiger partial charge in [0.05, 0.1) is 22.4 Å². The summed E-state index contributed by atoms with van der Waals surface area (Å²) in [6, 6.07) is 27.0. The van der Waals surface area contributed by atoms with E-state index in [-0.39, 0.29) is 5.91 Å². The first-order chi connectivity index (χ1) is 14.3. The van der Waals surface area contributed by atoms with Crippen molar-refractivity contribution in [1.82, 2.24) is 15.0 Å². The summed E-state index contributed by atoms with van der Waals surface area (Å²) in [5.74, 6) is 0.715. The first-order valence-corrected chi connectivity index (χ1v) is 9.37. The molecule has 2 N–H and O–H groups in total. The number of hydrogen-bond acceptors (Lipinski definition) is 2. The number of carbonyl (C=O) groups excluding carboxylic acids is 1. The van der Waals surface area contributed by atoms with Gasteiger partial charge in [-0.25, -0.2) is 4.98 Å². The molecule has 3 aromatic carbocycles. The topological polar surface area (TPSA) is 64.8 Å². The number of anilines is 2. The third-order valence-electron chi connectivity index (χ3n) is 4.83. The maximum atomic E-state index is 13.3. The van der Waals surface area contributed by atoms with Gasteiger partial charge < -0.3 is 9.97 Å². The molecule has 0 fully saturated rings. The molecular weight excluding hydrogens is 360 g/mol. The number of carbonyl (C=O) groups is 1. The number of nitrogens with one attached hydrogen (secondary N) is 2. The van der Waals surface area contributed by atoms with E-state index >= 15 is 0 Å². The number of hydrogen-bond donors (Lipinski definition) is 2. The lowest BCUT2D eigenvalue weighted by Gasteiger charge is -2.21. The van der Waals surface area contributed by atoms with Crippen LogP contribution in [-0.4, -0.2) is 20.9 Å². The molecule has 5 heteroatoms. The number of aromatic nitrogens is 3. The number of rotatable bonds is 4. The highest BCUT2D eigenvalue weighted by atomic mass is 16.2. The van der Waals surface area contributed by atoms with E-state index in [1.54, 1.807) is 4.90 Å². The molecule has 140 valence electrons. The van der Waals surface area contributed by atoms with Gasteiger partial charge in [-0.15, -0.1) is 0 Å². The van der Waals surface area contributed by atoms with Crippen molar-refractivity contribution in [2.24, 2.45) is 0 Å². The second-order valence-electron chi connectivity index (χ2n) is 6.73. The Morgan fingerprint density at radius 3 is 2.31 bits per heavy atom. The van der Waals surface area contributed by atoms with Crippen molar-refractivity contribution in [3.05, 3.63) is 103 Å². The van der Waals surface area contributed by atoms with Gasteiger partial charge in [-0.05, 0) is 36.4 Å². The minimum Gasteiger partial charge on any atom is -0.366 e. The van der Waals surface area contributed by atoms with E-state index in [1.807, 2.05) is 97.3 Å². The van der Waals surface area contributed by atoms with Crippen LogP contribution in [0.15, 0.2) is 97.3 Å². The monoisotopic (exact) mass is 378 g/mol. The van der Waals surface area contributed by atoms with Gasteiger partial charge in [0.15, 0.2) is 0 Å². The fourth-order valence-corrected chi connectivity index (χ4v) is 3.42. The van der Waals surface area contributed by atoms with Gasteiger partial charge in [0.2, 0.25) is 0 Å². The summed E-state index contributed by atoms with van der Waals surface area (Å²) in [7, 11) is 0. The Labute approximate surface area is 167 Å². The molecule has 0 bridgehead atoms. The molecule has 1 amide bonds. The van der Waals surface area contributed by atoms with Gasteiger partial charge in [-0.1, -0.05) is 48.5 Å². The van der Waals surface area contributed by atoms with Gasteiger partial charge in [-0.2, -0.15) is 0 Å². The molecule has 5 nitrogen and oxygen atoms in total. The first kappa shape index (κ1) is 17.0. The van der Waals surface area contributed by atoms with E-state index in [0.717, 1.165) is 33.8 Å². The molecule has 5 rings (SSSR count). The molecule has 5 aromatic rings. The zero-order valence-corrected chi connectivity index (χ0v) is 15.5. The highest BCUT2D eigenvalue weighted by molar-refractivity contribution is 6.11. The van der Waals surface area contributed by atoms with Crippen LogP contribution in [0.25, 0.3) is 22.4 Å². The zero-order valence-electron chi connectivity index (χ0n) is 15.5. The fourth-order valence-electron chi connectivity index (χ4n) is 3.42. The lowest BCUT2D eigenvalue weighted by atomic mass is 10.1. The van der Waals surface area contributed by atoms with E-state index in [2.05, 4.69) is 15.0 Å². The molecule has 0 saturated heterocycles. The summed E-state index contributed by atoms with van der Waals surface area (Å²) >= 11 is 0. The van der Waals surface area contributed by atoms with Crippen LogP contribution in [-0.2, 0) is 0 Å². The zero-order chi connectivity index (χ0) is 19.6. The van der Waals surface area contributed by atoms with Gasteiger partial charge in [0.1, 0.15) is 5.82 Å². The van der Waals surface area contributed by atoms with Crippen molar-refractivity contribution < 1.29 is 4.79 Å². The molecule has 2 aromatic heterocycles. The summed E-state index contributed by atoms with van der Waals surface area (Å²) in [6.07, 6.45) is 3.62. The Morgan fingerprint density at radius 1 is 0.828 bits per heavy atom. The van der Waals surface area contributed by atoms with Crippen molar-refractivity contribution in [2.45, 2.75) is 0 Å². The number of benzene rings is 3. The van der Waals surface area contributed by atoms with Crippen LogP contribution >= 0.6 is 0 Å². The number of H-pyrrole nitrogens is 2. The normalized spacial score (nSPS) is 10.9. The molecule has 0 spiro atoms. The number of amides is 1. The summed E-state index contributed by atoms with van der Waals surface area (Å²) in [4.78, 5) is 26.1. The predicted octanol–water partition coefficient (Wildman–Crippen LogP) is 5.54. The number of imidazole rings is 1. The molecule has 0 atom stereocenters. The van der Waals surface area contributed by atoms with Crippen molar-refractivity contribution in [3.63, 3.8) is 0 Å². The molecular formula is C24H18N4O. The lowest BCUT2D eigenvalue weighted by Crippen LogP contribution is -2.25. The smallest absolute Gasteiger partial charge is 0.262 e. The van der Waals surface area contributed by atoms with E-state index in [0.29, 0.717) is 5.56 Å². The van der Waals surface area contributed by atoms with Crippen molar-refractivity contribution >= 4 is 28.3 Å². The van der Waals surface area contributed by atoms with Gasteiger partial charge in [-0.3, -0.25) is 9.69 Å². The quantitative estimate of drug-likeness (QED) is 0.431. The molecule has 0 aliphatic carbocycles. The number of nitrogens with zero attached hydrogens (tertiary/aromatic N) is 2. The second kappa shape index (κ2) is 7.13. The van der Waals surface area contributed by atoms with Crippen LogP contribution < -0.4 is 4.90 Å². The van der Waals surface area contributed by atoms with Crippen LogP contribution in [0.4, 0.5) is 11.4 Å². The van der Waals surface area contributed by atoms with Crippen LogP contribution in [0.3, 0.4) is 0 Å². The Balaban J connectivity index is 1.60. The largest absolute Gasteiger partial charge is 0.366 e. The van der Waals surface area contributed by atoms with E-state index in [1.165, 1.54) is 0 Å². The Kier molecular flexibility index (Phi) is 4.18. The van der Waals surface area contributed by atoms with E-state index in [4.69, 9.17) is 0 Å². The summed E-state index contributed by atoms with van der Waals surface area (Å²) in [5.41, 5.74) is 4.93. The first-order valence-electron chi connectivity index (χ1n) is 9.37. The Morgan fingerprint density at radius 2 is 1.59 bits per heavy atom. The molecule has 0 unspecified atom stereocenters. The fraction of sp³-hybridized carbons (Fsp3) is 0. The van der Waals surface area contributed by atoms with Crippen molar-refractivity contribution in [1.29, 1.82) is 0 Å². The third kappa shape index (κ3) is 3.19. The van der Waals surface area contributed by atoms with Crippen molar-refractivity contribution in [3.8, 4) is 11.4 Å². The van der Waals surface area contributed by atoms with Gasteiger partial charge >= 0.3 is 0 Å². The SMILES string of the molecule is O=C(c1ccccc1)N(c1cc[nH]c1)c1ccc2nc(-c3ccccc3)[nH]c2c1. The molecule has 29 heavy (non-hydrogen) atoms. The van der Waals surface area contributed by atoms with Crippen LogP contribution in [0.2, 0.25) is 0 Å². The third-order valence-corrected chi connectivity index (χ3v) is 4.83. The number of aromatic amines is 2. The maximum absolute atomic E-state index is 13.3. The summed E-state index contributed by atoms with van der Waals surface area (Å²) in [5, 5.41) is 0. The van der Waals surface area contributed by atoms with Gasteiger partial charge in [0.25, 0.3) is 5.91 Å². The predicted molar refractivity (Wildman–Crippen MR) is 115 cm³/mol.